The predicted molar refractivity (Wildman–Crippen MR) is 78.6 cm³/mol. The minimum atomic E-state index is -0.429. The zero-order valence-corrected chi connectivity index (χ0v) is 11.6. The second-order valence-corrected chi connectivity index (χ2v) is 4.50. The van der Waals surface area contributed by atoms with E-state index in [1.165, 1.54) is 18.2 Å². The fourth-order valence-electron chi connectivity index (χ4n) is 1.64. The van der Waals surface area contributed by atoms with Crippen LogP contribution in [0.1, 0.15) is 10.4 Å². The molecule has 0 atom stereocenters. The number of carbonyl (C=O) groups excluding carboxylic acids is 1. The lowest BCUT2D eigenvalue weighted by Crippen LogP contribution is -2.12. The number of nitrogens with zero attached hydrogens (tertiary/aromatic N) is 1. The number of anilines is 1. The van der Waals surface area contributed by atoms with Gasteiger partial charge in [-0.1, -0.05) is 11.6 Å². The Hall–Kier alpha value is -2.71. The van der Waals surface area contributed by atoms with Gasteiger partial charge in [0.15, 0.2) is 6.61 Å². The van der Waals surface area contributed by atoms with Gasteiger partial charge in [-0.3, -0.25) is 4.79 Å². The summed E-state index contributed by atoms with van der Waals surface area (Å²) in [4.78, 5) is 12.1. The van der Waals surface area contributed by atoms with Crippen molar-refractivity contribution < 1.29 is 14.6 Å². The summed E-state index contributed by atoms with van der Waals surface area (Å²) >= 11 is 5.92. The molecular formula is C15H11ClN2O3. The van der Waals surface area contributed by atoms with Gasteiger partial charge in [0.25, 0.3) is 5.91 Å². The van der Waals surface area contributed by atoms with E-state index in [9.17, 15) is 9.90 Å². The van der Waals surface area contributed by atoms with E-state index in [1.807, 2.05) is 6.07 Å². The number of aromatic hydroxyl groups is 1. The van der Waals surface area contributed by atoms with Gasteiger partial charge in [0.05, 0.1) is 10.6 Å². The van der Waals surface area contributed by atoms with Crippen LogP contribution >= 0.6 is 11.6 Å². The molecule has 0 unspecified atom stereocenters. The molecule has 0 bridgehead atoms. The van der Waals surface area contributed by atoms with Crippen molar-refractivity contribution in [3.05, 3.63) is 53.1 Å². The summed E-state index contributed by atoms with van der Waals surface area (Å²) in [5.74, 6) is 0.0660. The van der Waals surface area contributed by atoms with E-state index in [1.54, 1.807) is 24.3 Å². The van der Waals surface area contributed by atoms with E-state index in [4.69, 9.17) is 21.6 Å². The highest BCUT2D eigenvalue weighted by atomic mass is 35.5. The quantitative estimate of drug-likeness (QED) is 0.908. The van der Waals surface area contributed by atoms with E-state index >= 15 is 0 Å². The van der Waals surface area contributed by atoms with Gasteiger partial charge >= 0.3 is 0 Å². The topological polar surface area (TPSA) is 82.3 Å². The first-order valence-corrected chi connectivity index (χ1v) is 6.37. The second kappa shape index (κ2) is 6.64. The van der Waals surface area contributed by atoms with Crippen LogP contribution in [0.3, 0.4) is 0 Å². The number of carbonyl (C=O) groups is 1. The van der Waals surface area contributed by atoms with Crippen molar-refractivity contribution in [2.45, 2.75) is 0 Å². The molecule has 6 heteroatoms. The SMILES string of the molecule is N#CCOc1ccc(NC(=O)c2cc(O)ccc2Cl)cc1. The number of phenolic OH excluding ortho intramolecular Hbond substituents is 1. The van der Waals surface area contributed by atoms with Crippen molar-refractivity contribution >= 4 is 23.2 Å². The van der Waals surface area contributed by atoms with Crippen molar-refractivity contribution in [1.29, 1.82) is 5.26 Å². The summed E-state index contributed by atoms with van der Waals surface area (Å²) in [5, 5.41) is 20.7. The van der Waals surface area contributed by atoms with Crippen molar-refractivity contribution in [2.24, 2.45) is 0 Å². The van der Waals surface area contributed by atoms with E-state index in [2.05, 4.69) is 5.32 Å². The maximum Gasteiger partial charge on any atom is 0.257 e. The number of hydrogen-bond acceptors (Lipinski definition) is 4. The average Bonchev–Trinajstić information content (AvgIpc) is 2.49. The van der Waals surface area contributed by atoms with Crippen LogP contribution < -0.4 is 10.1 Å². The van der Waals surface area contributed by atoms with Crippen LogP contribution in [0.2, 0.25) is 5.02 Å². The zero-order valence-electron chi connectivity index (χ0n) is 10.8. The third-order valence-electron chi connectivity index (χ3n) is 2.61. The Morgan fingerprint density at radius 1 is 1.29 bits per heavy atom. The number of nitriles is 1. The first-order chi connectivity index (χ1) is 10.1. The molecule has 2 aromatic rings. The number of hydrogen-bond donors (Lipinski definition) is 2. The Labute approximate surface area is 126 Å². The maximum atomic E-state index is 12.1. The van der Waals surface area contributed by atoms with Crippen LogP contribution in [0.15, 0.2) is 42.5 Å². The Morgan fingerprint density at radius 3 is 2.67 bits per heavy atom. The number of halogens is 1. The fourth-order valence-corrected chi connectivity index (χ4v) is 1.84. The third-order valence-corrected chi connectivity index (χ3v) is 2.94. The van der Waals surface area contributed by atoms with Crippen LogP contribution in [0.5, 0.6) is 11.5 Å². The highest BCUT2D eigenvalue weighted by Gasteiger charge is 2.11. The van der Waals surface area contributed by atoms with E-state index in [-0.39, 0.29) is 22.9 Å². The lowest BCUT2D eigenvalue weighted by molar-refractivity contribution is 0.102. The molecule has 0 aliphatic carbocycles. The van der Waals surface area contributed by atoms with Gasteiger partial charge in [-0.15, -0.1) is 0 Å². The Bertz CT molecular complexity index is 693. The maximum absolute atomic E-state index is 12.1. The summed E-state index contributed by atoms with van der Waals surface area (Å²) in [6.45, 7) is -0.0371. The highest BCUT2D eigenvalue weighted by Crippen LogP contribution is 2.23. The standard InChI is InChI=1S/C15H11ClN2O3/c16-14-6-3-11(19)9-13(14)15(20)18-10-1-4-12(5-2-10)21-8-7-17/h1-6,9,19H,8H2,(H,18,20). The molecule has 0 aliphatic heterocycles. The molecule has 21 heavy (non-hydrogen) atoms. The van der Waals surface area contributed by atoms with E-state index < -0.39 is 5.91 Å². The molecule has 106 valence electrons. The van der Waals surface area contributed by atoms with Crippen molar-refractivity contribution in [3.8, 4) is 17.6 Å². The molecule has 0 aromatic heterocycles. The largest absolute Gasteiger partial charge is 0.508 e. The third kappa shape index (κ3) is 3.88. The van der Waals surface area contributed by atoms with Crippen LogP contribution in [-0.4, -0.2) is 17.6 Å². The summed E-state index contributed by atoms with van der Waals surface area (Å²) in [5.41, 5.74) is 0.727. The zero-order chi connectivity index (χ0) is 15.2. The predicted octanol–water partition coefficient (Wildman–Crippen LogP) is 3.20. The van der Waals surface area contributed by atoms with Gasteiger partial charge in [0, 0.05) is 5.69 Å². The van der Waals surface area contributed by atoms with E-state index in [0.717, 1.165) is 0 Å². The summed E-state index contributed by atoms with van der Waals surface area (Å²) in [6.07, 6.45) is 0. The van der Waals surface area contributed by atoms with Gasteiger partial charge in [0.2, 0.25) is 0 Å². The van der Waals surface area contributed by atoms with Crippen LogP contribution in [-0.2, 0) is 0 Å². The lowest BCUT2D eigenvalue weighted by Gasteiger charge is -2.08. The number of ether oxygens (including phenoxy) is 1. The van der Waals surface area contributed by atoms with E-state index in [0.29, 0.717) is 11.4 Å². The number of benzene rings is 2. The van der Waals surface area contributed by atoms with Gasteiger partial charge in [-0.05, 0) is 42.5 Å². The van der Waals surface area contributed by atoms with Gasteiger partial charge in [0.1, 0.15) is 17.6 Å². The summed E-state index contributed by atoms with van der Waals surface area (Å²) in [7, 11) is 0. The molecule has 0 saturated carbocycles. The first kappa shape index (κ1) is 14.7. The minimum absolute atomic E-state index is 0.0371. The van der Waals surface area contributed by atoms with Crippen molar-refractivity contribution in [2.75, 3.05) is 11.9 Å². The van der Waals surface area contributed by atoms with Crippen molar-refractivity contribution in [1.82, 2.24) is 0 Å². The first-order valence-electron chi connectivity index (χ1n) is 6.00. The van der Waals surface area contributed by atoms with Crippen molar-refractivity contribution in [3.63, 3.8) is 0 Å². The molecule has 0 fully saturated rings. The minimum Gasteiger partial charge on any atom is -0.508 e. The molecule has 2 N–H and O–H groups in total. The normalized spacial score (nSPS) is 9.71. The van der Waals surface area contributed by atoms with Gasteiger partial charge < -0.3 is 15.2 Å². The Kier molecular flexibility index (Phi) is 4.64. The summed E-state index contributed by atoms with van der Waals surface area (Å²) in [6, 6.07) is 12.6. The second-order valence-electron chi connectivity index (χ2n) is 4.09. The fraction of sp³-hybridized carbons (Fsp3) is 0.0667. The number of nitrogens with one attached hydrogen (secondary N) is 1. The molecule has 0 saturated heterocycles. The molecule has 2 aromatic carbocycles. The molecule has 2 rings (SSSR count). The number of rotatable bonds is 4. The van der Waals surface area contributed by atoms with Gasteiger partial charge in [-0.2, -0.15) is 5.26 Å². The Morgan fingerprint density at radius 2 is 2.00 bits per heavy atom. The van der Waals surface area contributed by atoms with Crippen LogP contribution in [0.4, 0.5) is 5.69 Å². The number of amides is 1. The van der Waals surface area contributed by atoms with Crippen LogP contribution in [0, 0.1) is 11.3 Å². The average molecular weight is 303 g/mol. The smallest absolute Gasteiger partial charge is 0.257 e. The molecule has 1 amide bonds. The molecule has 0 radical (unpaired) electrons. The molecule has 0 aliphatic rings. The van der Waals surface area contributed by atoms with Crippen LogP contribution in [0.25, 0.3) is 0 Å². The highest BCUT2D eigenvalue weighted by molar-refractivity contribution is 6.34. The lowest BCUT2D eigenvalue weighted by atomic mass is 10.2. The molecule has 0 spiro atoms. The van der Waals surface area contributed by atoms with Gasteiger partial charge in [-0.25, -0.2) is 0 Å². The molecule has 5 nitrogen and oxygen atoms in total. The molecule has 0 heterocycles. The monoisotopic (exact) mass is 302 g/mol. The molecular weight excluding hydrogens is 292 g/mol. The summed E-state index contributed by atoms with van der Waals surface area (Å²) < 4.78 is 5.11. The Balaban J connectivity index is 2.09. The number of phenols is 1.